The van der Waals surface area contributed by atoms with Gasteiger partial charge < -0.3 is 14.3 Å². The van der Waals surface area contributed by atoms with Crippen LogP contribution in [0, 0.1) is 11.3 Å². The van der Waals surface area contributed by atoms with E-state index in [0.717, 1.165) is 0 Å². The Bertz CT molecular complexity index is 657. The van der Waals surface area contributed by atoms with Crippen molar-refractivity contribution in [2.45, 2.75) is 6.61 Å². The third-order valence-corrected chi connectivity index (χ3v) is 2.68. The normalized spacial score (nSPS) is 9.89. The topological polar surface area (TPSA) is 83.5 Å². The number of nitrogens with zero attached hydrogens (tertiary/aromatic N) is 1. The third kappa shape index (κ3) is 2.87. The number of hydrogen-bond donors (Lipinski definition) is 1. The summed E-state index contributed by atoms with van der Waals surface area (Å²) in [6.45, 7) is 0.0176. The summed E-state index contributed by atoms with van der Waals surface area (Å²) in [4.78, 5) is 10.8. The van der Waals surface area contributed by atoms with E-state index >= 15 is 0 Å². The number of carboxylic acid groups (broad SMARTS) is 1. The van der Waals surface area contributed by atoms with Crippen LogP contribution < -0.4 is 4.74 Å². The molecule has 1 N–H and O–H groups in total. The smallest absolute Gasteiger partial charge is 0.372 e. The molecule has 19 heavy (non-hydrogen) atoms. The van der Waals surface area contributed by atoms with Crippen molar-refractivity contribution in [2.75, 3.05) is 0 Å². The monoisotopic (exact) mass is 277 g/mol. The van der Waals surface area contributed by atoms with Gasteiger partial charge in [-0.1, -0.05) is 11.6 Å². The molecule has 0 saturated heterocycles. The summed E-state index contributed by atoms with van der Waals surface area (Å²) in [6, 6.07) is 8.07. The van der Waals surface area contributed by atoms with Crippen molar-refractivity contribution in [3.05, 3.63) is 52.4 Å². The minimum Gasteiger partial charge on any atom is -0.487 e. The minimum atomic E-state index is -1.16. The highest BCUT2D eigenvalue weighted by atomic mass is 35.5. The highest BCUT2D eigenvalue weighted by Gasteiger charge is 2.14. The van der Waals surface area contributed by atoms with Gasteiger partial charge in [0.15, 0.2) is 0 Å². The lowest BCUT2D eigenvalue weighted by molar-refractivity contribution is 0.0658. The summed E-state index contributed by atoms with van der Waals surface area (Å²) in [7, 11) is 0. The lowest BCUT2D eigenvalue weighted by Gasteiger charge is -2.07. The Morgan fingerprint density at radius 2 is 2.26 bits per heavy atom. The summed E-state index contributed by atoms with van der Waals surface area (Å²) in [5.41, 5.74) is 0.833. The van der Waals surface area contributed by atoms with Gasteiger partial charge in [-0.25, -0.2) is 4.79 Å². The second-order valence-corrected chi connectivity index (χ2v) is 4.03. The minimum absolute atomic E-state index is 0.0176. The van der Waals surface area contributed by atoms with Crippen LogP contribution in [-0.2, 0) is 6.61 Å². The summed E-state index contributed by atoms with van der Waals surface area (Å²) in [5.74, 6) is -0.947. The maximum Gasteiger partial charge on any atom is 0.372 e. The molecular formula is C13H8ClNO4. The van der Waals surface area contributed by atoms with Gasteiger partial charge >= 0.3 is 5.97 Å². The average Bonchev–Trinajstić information content (AvgIpc) is 2.85. The Balaban J connectivity index is 2.13. The average molecular weight is 278 g/mol. The van der Waals surface area contributed by atoms with Gasteiger partial charge in [0.2, 0.25) is 5.76 Å². The Morgan fingerprint density at radius 1 is 1.47 bits per heavy atom. The molecular weight excluding hydrogens is 270 g/mol. The SMILES string of the molecule is N#Cc1ccc(OCc2ccoc2C(=O)O)c(Cl)c1. The number of rotatable bonds is 4. The summed E-state index contributed by atoms with van der Waals surface area (Å²) in [6.07, 6.45) is 1.28. The van der Waals surface area contributed by atoms with E-state index in [1.807, 2.05) is 6.07 Å². The zero-order chi connectivity index (χ0) is 13.8. The number of carbonyl (C=O) groups is 1. The van der Waals surface area contributed by atoms with Crippen LogP contribution in [0.2, 0.25) is 5.02 Å². The van der Waals surface area contributed by atoms with Crippen molar-refractivity contribution in [3.63, 3.8) is 0 Å². The van der Waals surface area contributed by atoms with Gasteiger partial charge in [-0.2, -0.15) is 5.26 Å². The fraction of sp³-hybridized carbons (Fsp3) is 0.0769. The molecule has 0 spiro atoms. The first-order valence-corrected chi connectivity index (χ1v) is 5.61. The number of nitriles is 1. The van der Waals surface area contributed by atoms with Crippen LogP contribution >= 0.6 is 11.6 Å². The standard InChI is InChI=1S/C13H8ClNO4/c14-10-5-8(6-15)1-2-11(10)19-7-9-3-4-18-12(9)13(16)17/h1-5H,7H2,(H,16,17). The molecule has 0 amide bonds. The number of benzene rings is 1. The molecule has 96 valence electrons. The third-order valence-electron chi connectivity index (χ3n) is 2.39. The fourth-order valence-corrected chi connectivity index (χ4v) is 1.72. The fourth-order valence-electron chi connectivity index (χ4n) is 1.48. The highest BCUT2D eigenvalue weighted by molar-refractivity contribution is 6.32. The molecule has 1 heterocycles. The molecule has 1 aromatic heterocycles. The summed E-state index contributed by atoms with van der Waals surface area (Å²) >= 11 is 5.93. The van der Waals surface area contributed by atoms with Gasteiger partial charge in [-0.15, -0.1) is 0 Å². The van der Waals surface area contributed by atoms with Crippen LogP contribution in [0.4, 0.5) is 0 Å². The highest BCUT2D eigenvalue weighted by Crippen LogP contribution is 2.26. The summed E-state index contributed by atoms with van der Waals surface area (Å²) in [5, 5.41) is 17.9. The number of ether oxygens (including phenoxy) is 1. The molecule has 0 aliphatic heterocycles. The molecule has 2 rings (SSSR count). The summed E-state index contributed by atoms with van der Waals surface area (Å²) < 4.78 is 10.2. The molecule has 0 fully saturated rings. The molecule has 2 aromatic rings. The number of furan rings is 1. The molecule has 0 bridgehead atoms. The van der Waals surface area contributed by atoms with E-state index in [1.54, 1.807) is 12.1 Å². The maximum absolute atomic E-state index is 10.8. The van der Waals surface area contributed by atoms with Crippen LogP contribution in [-0.4, -0.2) is 11.1 Å². The number of hydrogen-bond acceptors (Lipinski definition) is 4. The molecule has 5 nitrogen and oxygen atoms in total. The van der Waals surface area contributed by atoms with E-state index in [-0.39, 0.29) is 12.4 Å². The van der Waals surface area contributed by atoms with E-state index in [0.29, 0.717) is 21.9 Å². The molecule has 6 heteroatoms. The van der Waals surface area contributed by atoms with Crippen molar-refractivity contribution in [2.24, 2.45) is 0 Å². The molecule has 0 radical (unpaired) electrons. The van der Waals surface area contributed by atoms with Crippen molar-refractivity contribution in [3.8, 4) is 11.8 Å². The Hall–Kier alpha value is -2.45. The van der Waals surface area contributed by atoms with Crippen molar-refractivity contribution >= 4 is 17.6 Å². The maximum atomic E-state index is 10.8. The number of aromatic carboxylic acids is 1. The first-order valence-electron chi connectivity index (χ1n) is 5.24. The zero-order valence-electron chi connectivity index (χ0n) is 9.59. The van der Waals surface area contributed by atoms with Gasteiger partial charge in [0, 0.05) is 5.56 Å². The second-order valence-electron chi connectivity index (χ2n) is 3.63. The van der Waals surface area contributed by atoms with Crippen LogP contribution in [0.5, 0.6) is 5.75 Å². The molecule has 0 aliphatic carbocycles. The number of halogens is 1. The molecule has 0 aliphatic rings. The zero-order valence-corrected chi connectivity index (χ0v) is 10.3. The van der Waals surface area contributed by atoms with Crippen LogP contribution in [0.25, 0.3) is 0 Å². The van der Waals surface area contributed by atoms with Crippen LogP contribution in [0.3, 0.4) is 0 Å². The second kappa shape index (κ2) is 5.46. The van der Waals surface area contributed by atoms with Crippen molar-refractivity contribution in [1.82, 2.24) is 0 Å². The van der Waals surface area contributed by atoms with Gasteiger partial charge in [0.25, 0.3) is 0 Å². The van der Waals surface area contributed by atoms with Gasteiger partial charge in [0.05, 0.1) is 22.9 Å². The van der Waals surface area contributed by atoms with Crippen LogP contribution in [0.1, 0.15) is 21.7 Å². The molecule has 0 saturated carbocycles. The van der Waals surface area contributed by atoms with E-state index in [1.165, 1.54) is 18.4 Å². The predicted octanol–water partition coefficient (Wildman–Crippen LogP) is 3.08. The Kier molecular flexibility index (Phi) is 3.74. The van der Waals surface area contributed by atoms with Gasteiger partial charge in [-0.3, -0.25) is 0 Å². The largest absolute Gasteiger partial charge is 0.487 e. The lowest BCUT2D eigenvalue weighted by Crippen LogP contribution is -2.02. The van der Waals surface area contributed by atoms with E-state index in [9.17, 15) is 4.79 Å². The van der Waals surface area contributed by atoms with Gasteiger partial charge in [0.1, 0.15) is 12.4 Å². The van der Waals surface area contributed by atoms with E-state index < -0.39 is 5.97 Å². The van der Waals surface area contributed by atoms with E-state index in [2.05, 4.69) is 0 Å². The first-order chi connectivity index (χ1) is 9.11. The lowest BCUT2D eigenvalue weighted by atomic mass is 10.2. The number of carboxylic acids is 1. The van der Waals surface area contributed by atoms with Gasteiger partial charge in [-0.05, 0) is 24.3 Å². The Labute approximate surface area is 113 Å². The van der Waals surface area contributed by atoms with Crippen molar-refractivity contribution in [1.29, 1.82) is 5.26 Å². The quantitative estimate of drug-likeness (QED) is 0.928. The van der Waals surface area contributed by atoms with Crippen molar-refractivity contribution < 1.29 is 19.1 Å². The molecule has 0 atom stereocenters. The van der Waals surface area contributed by atoms with E-state index in [4.69, 9.17) is 31.1 Å². The predicted molar refractivity (Wildman–Crippen MR) is 66.2 cm³/mol. The Morgan fingerprint density at radius 3 is 2.89 bits per heavy atom. The van der Waals surface area contributed by atoms with Crippen LogP contribution in [0.15, 0.2) is 34.9 Å². The first kappa shape index (κ1) is 13.0. The molecule has 0 unspecified atom stereocenters. The molecule has 1 aromatic carbocycles.